The van der Waals surface area contributed by atoms with Crippen LogP contribution >= 0.6 is 24.0 Å². The third-order valence-corrected chi connectivity index (χ3v) is 3.98. The molecule has 29 heavy (non-hydrogen) atoms. The minimum Gasteiger partial charge on any atom is -0.493 e. The third kappa shape index (κ3) is 8.32. The van der Waals surface area contributed by atoms with E-state index in [4.69, 9.17) is 19.6 Å². The van der Waals surface area contributed by atoms with Crippen LogP contribution in [-0.2, 0) is 17.8 Å². The lowest BCUT2D eigenvalue weighted by Gasteiger charge is -2.15. The largest absolute Gasteiger partial charge is 0.493 e. The molecular weight excluding hydrogens is 487 g/mol. The van der Waals surface area contributed by atoms with Crippen molar-refractivity contribution in [2.75, 3.05) is 27.4 Å². The Kier molecular flexibility index (Phi) is 11.1. The second-order valence-corrected chi connectivity index (χ2v) is 6.22. The Bertz CT molecular complexity index is 808. The molecule has 1 amide bonds. The van der Waals surface area contributed by atoms with Crippen LogP contribution in [0.1, 0.15) is 33.9 Å². The van der Waals surface area contributed by atoms with E-state index in [-0.39, 0.29) is 29.7 Å². The van der Waals surface area contributed by atoms with Crippen molar-refractivity contribution >= 4 is 35.8 Å². The van der Waals surface area contributed by atoms with Gasteiger partial charge in [-0.3, -0.25) is 9.79 Å². The molecule has 160 valence electrons. The molecule has 0 fully saturated rings. The van der Waals surface area contributed by atoms with Crippen molar-refractivity contribution in [2.45, 2.75) is 26.4 Å². The van der Waals surface area contributed by atoms with Crippen LogP contribution in [0.15, 0.2) is 39.7 Å². The number of halogens is 1. The summed E-state index contributed by atoms with van der Waals surface area (Å²) in [7, 11) is 3.36. The quantitative estimate of drug-likeness (QED) is 0.194. The second-order valence-electron chi connectivity index (χ2n) is 6.22. The van der Waals surface area contributed by atoms with Crippen molar-refractivity contribution in [3.8, 4) is 5.75 Å². The van der Waals surface area contributed by atoms with Gasteiger partial charge in [-0.05, 0) is 30.7 Å². The van der Waals surface area contributed by atoms with Crippen molar-refractivity contribution in [3.63, 3.8) is 0 Å². The topological polar surface area (TPSA) is 111 Å². The van der Waals surface area contributed by atoms with E-state index in [9.17, 15) is 4.79 Å². The lowest BCUT2D eigenvalue weighted by atomic mass is 10.1. The molecule has 4 N–H and O–H groups in total. The van der Waals surface area contributed by atoms with Gasteiger partial charge in [-0.25, -0.2) is 0 Å². The Hall–Kier alpha value is -2.27. The standard InChI is InChI=1S/C20H28N4O4.HI/c1-14-5-6-15(18(11-14)27-10-4-9-26-3)12-23-20(22-2)24-13-16-7-8-17(28-16)19(21)25;/h5-8,11H,4,9-10,12-13H2,1-3H3,(H2,21,25)(H2,22,23,24);1H. The Morgan fingerprint density at radius 3 is 2.59 bits per heavy atom. The van der Waals surface area contributed by atoms with Gasteiger partial charge in [0.1, 0.15) is 11.5 Å². The molecule has 9 heteroatoms. The van der Waals surface area contributed by atoms with Crippen LogP contribution < -0.4 is 21.1 Å². The molecule has 0 unspecified atom stereocenters. The average molecular weight is 516 g/mol. The summed E-state index contributed by atoms with van der Waals surface area (Å²) in [6.45, 7) is 4.22. The highest BCUT2D eigenvalue weighted by atomic mass is 127. The highest BCUT2D eigenvalue weighted by molar-refractivity contribution is 14.0. The molecule has 0 bridgehead atoms. The molecule has 0 aliphatic heterocycles. The van der Waals surface area contributed by atoms with E-state index >= 15 is 0 Å². The van der Waals surface area contributed by atoms with Crippen molar-refractivity contribution in [2.24, 2.45) is 10.7 Å². The average Bonchev–Trinajstić information content (AvgIpc) is 3.16. The summed E-state index contributed by atoms with van der Waals surface area (Å²) < 4.78 is 16.3. The highest BCUT2D eigenvalue weighted by Gasteiger charge is 2.09. The zero-order chi connectivity index (χ0) is 20.4. The van der Waals surface area contributed by atoms with E-state index in [1.165, 1.54) is 0 Å². The van der Waals surface area contributed by atoms with Crippen molar-refractivity contribution < 1.29 is 18.7 Å². The molecule has 0 saturated carbocycles. The highest BCUT2D eigenvalue weighted by Crippen LogP contribution is 2.20. The van der Waals surface area contributed by atoms with Gasteiger partial charge in [0.25, 0.3) is 5.91 Å². The summed E-state index contributed by atoms with van der Waals surface area (Å²) in [6.07, 6.45) is 0.830. The number of rotatable bonds is 10. The number of ether oxygens (including phenoxy) is 2. The molecule has 2 aromatic rings. The first kappa shape index (κ1) is 24.8. The molecular formula is C20H29IN4O4. The van der Waals surface area contributed by atoms with Crippen molar-refractivity contribution in [1.29, 1.82) is 0 Å². The van der Waals surface area contributed by atoms with Gasteiger partial charge in [-0.15, -0.1) is 24.0 Å². The van der Waals surface area contributed by atoms with Crippen LogP contribution in [0.4, 0.5) is 0 Å². The summed E-state index contributed by atoms with van der Waals surface area (Å²) >= 11 is 0. The fourth-order valence-electron chi connectivity index (χ4n) is 2.50. The predicted octanol–water partition coefficient (Wildman–Crippen LogP) is 2.59. The minimum atomic E-state index is -0.592. The smallest absolute Gasteiger partial charge is 0.284 e. The van der Waals surface area contributed by atoms with Gasteiger partial charge in [0.15, 0.2) is 11.7 Å². The zero-order valence-electron chi connectivity index (χ0n) is 17.0. The number of nitrogens with two attached hydrogens (primary N) is 1. The van der Waals surface area contributed by atoms with Crippen LogP contribution in [0, 0.1) is 6.92 Å². The summed E-state index contributed by atoms with van der Waals surface area (Å²) in [5, 5.41) is 6.38. The number of nitrogens with zero attached hydrogens (tertiary/aromatic N) is 1. The Morgan fingerprint density at radius 1 is 1.17 bits per heavy atom. The molecule has 1 aromatic carbocycles. The molecule has 0 saturated heterocycles. The Labute approximate surface area is 188 Å². The molecule has 2 rings (SSSR count). The zero-order valence-corrected chi connectivity index (χ0v) is 19.3. The first-order valence-electron chi connectivity index (χ1n) is 9.07. The van der Waals surface area contributed by atoms with Crippen LogP contribution in [-0.4, -0.2) is 39.2 Å². The predicted molar refractivity (Wildman–Crippen MR) is 123 cm³/mol. The Morgan fingerprint density at radius 2 is 1.93 bits per heavy atom. The van der Waals surface area contributed by atoms with Gasteiger partial charge in [0.05, 0.1) is 13.2 Å². The minimum absolute atomic E-state index is 0. The molecule has 0 aliphatic rings. The first-order valence-corrected chi connectivity index (χ1v) is 9.07. The summed E-state index contributed by atoms with van der Waals surface area (Å²) in [6, 6.07) is 9.35. The monoisotopic (exact) mass is 516 g/mol. The number of furan rings is 1. The normalized spacial score (nSPS) is 10.9. The number of hydrogen-bond acceptors (Lipinski definition) is 5. The Balaban J connectivity index is 0.00000420. The summed E-state index contributed by atoms with van der Waals surface area (Å²) in [4.78, 5) is 15.3. The van der Waals surface area contributed by atoms with Gasteiger partial charge in [0, 0.05) is 39.3 Å². The van der Waals surface area contributed by atoms with Crippen LogP contribution in [0.5, 0.6) is 5.75 Å². The maximum Gasteiger partial charge on any atom is 0.284 e. The van der Waals surface area contributed by atoms with E-state index in [0.29, 0.717) is 38.0 Å². The lowest BCUT2D eigenvalue weighted by Crippen LogP contribution is -2.36. The number of amides is 1. The molecule has 1 aromatic heterocycles. The fraction of sp³-hybridized carbons (Fsp3) is 0.400. The molecule has 1 heterocycles. The van der Waals surface area contributed by atoms with Crippen molar-refractivity contribution in [3.05, 3.63) is 53.0 Å². The number of benzene rings is 1. The fourth-order valence-corrected chi connectivity index (χ4v) is 2.50. The van der Waals surface area contributed by atoms with Gasteiger partial charge in [0.2, 0.25) is 0 Å². The number of guanidine groups is 1. The van der Waals surface area contributed by atoms with Crippen LogP contribution in [0.3, 0.4) is 0 Å². The summed E-state index contributed by atoms with van der Waals surface area (Å²) in [5.41, 5.74) is 7.35. The molecule has 0 spiro atoms. The van der Waals surface area contributed by atoms with Gasteiger partial charge < -0.3 is 30.3 Å². The molecule has 0 radical (unpaired) electrons. The molecule has 8 nitrogen and oxygen atoms in total. The van der Waals surface area contributed by atoms with Crippen LogP contribution in [0.25, 0.3) is 0 Å². The first-order chi connectivity index (χ1) is 13.5. The van der Waals surface area contributed by atoms with Gasteiger partial charge >= 0.3 is 0 Å². The number of aliphatic imine (C=N–C) groups is 1. The van der Waals surface area contributed by atoms with E-state index in [1.807, 2.05) is 25.1 Å². The molecule has 0 atom stereocenters. The second kappa shape index (κ2) is 13.0. The van der Waals surface area contributed by atoms with Crippen LogP contribution in [0.2, 0.25) is 0 Å². The lowest BCUT2D eigenvalue weighted by molar-refractivity contribution is 0.0972. The van der Waals surface area contributed by atoms with E-state index in [2.05, 4.69) is 15.6 Å². The number of nitrogens with one attached hydrogen (secondary N) is 2. The van der Waals surface area contributed by atoms with E-state index < -0.39 is 5.91 Å². The van der Waals surface area contributed by atoms with Crippen molar-refractivity contribution in [1.82, 2.24) is 10.6 Å². The van der Waals surface area contributed by atoms with Gasteiger partial charge in [-0.2, -0.15) is 0 Å². The maximum atomic E-state index is 11.1. The maximum absolute atomic E-state index is 11.1. The van der Waals surface area contributed by atoms with Gasteiger partial charge in [-0.1, -0.05) is 12.1 Å². The number of primary amides is 1. The number of aryl methyl sites for hydroxylation is 1. The number of methoxy groups -OCH3 is 1. The number of carbonyl (C=O) groups excluding carboxylic acids is 1. The SMILES string of the molecule is CN=C(NCc1ccc(C(N)=O)o1)NCc1ccc(C)cc1OCCCOC.I. The molecule has 0 aliphatic carbocycles. The third-order valence-electron chi connectivity index (χ3n) is 3.98. The summed E-state index contributed by atoms with van der Waals surface area (Å²) in [5.74, 6) is 1.58. The van der Waals surface area contributed by atoms with E-state index in [0.717, 1.165) is 23.3 Å². The number of hydrogen-bond donors (Lipinski definition) is 3. The number of carbonyl (C=O) groups is 1. The van der Waals surface area contributed by atoms with E-state index in [1.54, 1.807) is 26.3 Å².